The maximum absolute atomic E-state index is 13.3. The molecule has 0 aromatic heterocycles. The Balaban J connectivity index is 1.75. The lowest BCUT2D eigenvalue weighted by atomic mass is 10.1. The Morgan fingerprint density at radius 2 is 1.67 bits per heavy atom. The van der Waals surface area contributed by atoms with Crippen LogP contribution < -0.4 is 4.90 Å². The monoisotopic (exact) mass is 404 g/mol. The first kappa shape index (κ1) is 18.3. The first-order valence-corrected chi connectivity index (χ1v) is 11.1. The minimum absolute atomic E-state index is 0.00455. The third-order valence-electron chi connectivity index (χ3n) is 5.26. The summed E-state index contributed by atoms with van der Waals surface area (Å²) in [7, 11) is -3.19. The van der Waals surface area contributed by atoms with Crippen molar-refractivity contribution in [3.8, 4) is 0 Å². The van der Waals surface area contributed by atoms with E-state index in [1.807, 2.05) is 50.2 Å². The maximum Gasteiger partial charge on any atom is 0.325 e. The fourth-order valence-electron chi connectivity index (χ4n) is 4.16. The average molecular weight is 405 g/mol. The summed E-state index contributed by atoms with van der Waals surface area (Å²) >= 11 is 6.27. The van der Waals surface area contributed by atoms with E-state index in [1.54, 1.807) is 15.9 Å². The van der Waals surface area contributed by atoms with E-state index in [2.05, 4.69) is 0 Å². The lowest BCUT2D eigenvalue weighted by Crippen LogP contribution is -2.37. The molecule has 2 atom stereocenters. The number of benzene rings is 2. The number of anilines is 1. The molecule has 0 aliphatic carbocycles. The highest BCUT2D eigenvalue weighted by molar-refractivity contribution is 7.91. The quantitative estimate of drug-likeness (QED) is 0.735. The SMILES string of the molecule is Cc1cc(C)cc(N2C(=O)N(Cc3ccccc3Cl)[C@@H]3CS(=O)(=O)C[C@H]32)c1. The van der Waals surface area contributed by atoms with E-state index in [0.29, 0.717) is 11.6 Å². The zero-order chi connectivity index (χ0) is 19.3. The molecule has 2 heterocycles. The summed E-state index contributed by atoms with van der Waals surface area (Å²) in [5.41, 5.74) is 3.66. The van der Waals surface area contributed by atoms with E-state index in [0.717, 1.165) is 22.4 Å². The number of sulfone groups is 1. The highest BCUT2D eigenvalue weighted by Crippen LogP contribution is 2.37. The molecule has 2 saturated heterocycles. The zero-order valence-corrected chi connectivity index (χ0v) is 16.8. The Labute approximate surface area is 164 Å². The van der Waals surface area contributed by atoms with Gasteiger partial charge in [0.25, 0.3) is 0 Å². The van der Waals surface area contributed by atoms with E-state index >= 15 is 0 Å². The lowest BCUT2D eigenvalue weighted by molar-refractivity contribution is 0.206. The molecular weight excluding hydrogens is 384 g/mol. The normalized spacial score (nSPS) is 23.7. The number of fused-ring (bicyclic) bond motifs is 1. The van der Waals surface area contributed by atoms with Crippen LogP contribution >= 0.6 is 11.6 Å². The molecule has 4 rings (SSSR count). The van der Waals surface area contributed by atoms with Crippen LogP contribution in [0, 0.1) is 13.8 Å². The van der Waals surface area contributed by atoms with Crippen LogP contribution in [0.1, 0.15) is 16.7 Å². The van der Waals surface area contributed by atoms with Crippen molar-refractivity contribution in [2.45, 2.75) is 32.5 Å². The molecule has 2 aromatic carbocycles. The molecule has 5 nitrogen and oxygen atoms in total. The molecular formula is C20H21ClN2O3S. The van der Waals surface area contributed by atoms with Crippen LogP contribution in [0.5, 0.6) is 0 Å². The number of rotatable bonds is 3. The molecule has 0 radical (unpaired) electrons. The van der Waals surface area contributed by atoms with Gasteiger partial charge in [-0.1, -0.05) is 35.9 Å². The molecule has 2 aromatic rings. The standard InChI is InChI=1S/C20H21ClN2O3S/c1-13-7-14(2)9-16(8-13)23-19-12-27(25,26)11-18(19)22(20(23)24)10-15-5-3-4-6-17(15)21/h3-9,18-19H,10-12H2,1-2H3/t18-,19-/m1/s1. The minimum atomic E-state index is -3.19. The summed E-state index contributed by atoms with van der Waals surface area (Å²) in [5.74, 6) is -0.00935. The number of urea groups is 1. The second-order valence-electron chi connectivity index (χ2n) is 7.43. The molecule has 2 aliphatic rings. The fraction of sp³-hybridized carbons (Fsp3) is 0.350. The summed E-state index contributed by atoms with van der Waals surface area (Å²) in [5, 5.41) is 0.576. The second kappa shape index (κ2) is 6.53. The van der Waals surface area contributed by atoms with Gasteiger partial charge in [0.05, 0.1) is 23.6 Å². The van der Waals surface area contributed by atoms with Crippen LogP contribution in [0.4, 0.5) is 10.5 Å². The fourth-order valence-corrected chi connectivity index (χ4v) is 6.31. The first-order chi connectivity index (χ1) is 12.7. The van der Waals surface area contributed by atoms with Crippen LogP contribution in [0.2, 0.25) is 5.02 Å². The molecule has 7 heteroatoms. The van der Waals surface area contributed by atoms with Crippen LogP contribution in [0.3, 0.4) is 0 Å². The topological polar surface area (TPSA) is 57.7 Å². The summed E-state index contributed by atoms with van der Waals surface area (Å²) in [6.45, 7) is 4.25. The van der Waals surface area contributed by atoms with E-state index in [4.69, 9.17) is 11.6 Å². The molecule has 0 N–H and O–H groups in total. The molecule has 2 aliphatic heterocycles. The van der Waals surface area contributed by atoms with Gasteiger partial charge in [-0.05, 0) is 48.7 Å². The van der Waals surface area contributed by atoms with Crippen LogP contribution in [0.15, 0.2) is 42.5 Å². The molecule has 0 spiro atoms. The van der Waals surface area contributed by atoms with Gasteiger partial charge in [-0.25, -0.2) is 13.2 Å². The minimum Gasteiger partial charge on any atom is -0.314 e. The molecule has 0 bridgehead atoms. The molecule has 0 saturated carbocycles. The summed E-state index contributed by atoms with van der Waals surface area (Å²) in [6, 6.07) is 12.4. The van der Waals surface area contributed by atoms with E-state index in [1.165, 1.54) is 0 Å². The Bertz CT molecular complexity index is 1000. The number of aryl methyl sites for hydroxylation is 2. The number of carbonyl (C=O) groups is 1. The Morgan fingerprint density at radius 3 is 2.33 bits per heavy atom. The molecule has 0 unspecified atom stereocenters. The third kappa shape index (κ3) is 3.32. The number of hydrogen-bond acceptors (Lipinski definition) is 3. The third-order valence-corrected chi connectivity index (χ3v) is 7.33. The summed E-state index contributed by atoms with van der Waals surface area (Å²) in [4.78, 5) is 16.6. The van der Waals surface area contributed by atoms with Crippen molar-refractivity contribution in [1.29, 1.82) is 0 Å². The van der Waals surface area contributed by atoms with Gasteiger partial charge >= 0.3 is 6.03 Å². The van der Waals surface area contributed by atoms with Crippen molar-refractivity contribution in [2.24, 2.45) is 0 Å². The predicted molar refractivity (Wildman–Crippen MR) is 107 cm³/mol. The van der Waals surface area contributed by atoms with Gasteiger partial charge in [-0.2, -0.15) is 0 Å². The van der Waals surface area contributed by atoms with Gasteiger partial charge in [0.15, 0.2) is 9.84 Å². The van der Waals surface area contributed by atoms with Crippen molar-refractivity contribution >= 4 is 33.2 Å². The zero-order valence-electron chi connectivity index (χ0n) is 15.2. The van der Waals surface area contributed by atoms with Crippen molar-refractivity contribution in [1.82, 2.24) is 4.90 Å². The molecule has 2 amide bonds. The van der Waals surface area contributed by atoms with Crippen LogP contribution in [-0.2, 0) is 16.4 Å². The molecule has 142 valence electrons. The number of amides is 2. The van der Waals surface area contributed by atoms with Gasteiger partial charge in [-0.3, -0.25) is 4.90 Å². The van der Waals surface area contributed by atoms with Crippen LogP contribution in [-0.4, -0.2) is 42.9 Å². The van der Waals surface area contributed by atoms with Crippen molar-refractivity contribution in [3.63, 3.8) is 0 Å². The summed E-state index contributed by atoms with van der Waals surface area (Å²) < 4.78 is 24.7. The van der Waals surface area contributed by atoms with Crippen molar-refractivity contribution in [2.75, 3.05) is 16.4 Å². The number of nitrogens with zero attached hydrogens (tertiary/aromatic N) is 2. The Morgan fingerprint density at radius 1 is 1.04 bits per heavy atom. The van der Waals surface area contributed by atoms with E-state index in [-0.39, 0.29) is 29.6 Å². The van der Waals surface area contributed by atoms with Gasteiger partial charge in [0.1, 0.15) is 0 Å². The van der Waals surface area contributed by atoms with Gasteiger partial charge in [0.2, 0.25) is 0 Å². The number of halogens is 1. The van der Waals surface area contributed by atoms with Crippen molar-refractivity contribution < 1.29 is 13.2 Å². The number of carbonyl (C=O) groups excluding carboxylic acids is 1. The average Bonchev–Trinajstić information content (AvgIpc) is 2.99. The molecule has 27 heavy (non-hydrogen) atoms. The largest absolute Gasteiger partial charge is 0.325 e. The van der Waals surface area contributed by atoms with Crippen molar-refractivity contribution in [3.05, 3.63) is 64.2 Å². The first-order valence-electron chi connectivity index (χ1n) is 8.87. The van der Waals surface area contributed by atoms with Gasteiger partial charge < -0.3 is 4.90 Å². The Kier molecular flexibility index (Phi) is 4.43. The predicted octanol–water partition coefficient (Wildman–Crippen LogP) is 3.56. The lowest BCUT2D eigenvalue weighted by Gasteiger charge is -2.23. The van der Waals surface area contributed by atoms with E-state index < -0.39 is 9.84 Å². The van der Waals surface area contributed by atoms with E-state index in [9.17, 15) is 13.2 Å². The second-order valence-corrected chi connectivity index (χ2v) is 9.99. The summed E-state index contributed by atoms with van der Waals surface area (Å²) in [6.07, 6.45) is 0. The highest BCUT2D eigenvalue weighted by atomic mass is 35.5. The maximum atomic E-state index is 13.3. The van der Waals surface area contributed by atoms with Crippen LogP contribution in [0.25, 0.3) is 0 Å². The number of hydrogen-bond donors (Lipinski definition) is 0. The molecule has 2 fully saturated rings. The van der Waals surface area contributed by atoms with Gasteiger partial charge in [0, 0.05) is 17.3 Å². The Hall–Kier alpha value is -2.05. The van der Waals surface area contributed by atoms with Gasteiger partial charge in [-0.15, -0.1) is 0 Å². The smallest absolute Gasteiger partial charge is 0.314 e. The highest BCUT2D eigenvalue weighted by Gasteiger charge is 2.53.